The molecule has 0 saturated carbocycles. The van der Waals surface area contributed by atoms with Crippen LogP contribution in [-0.4, -0.2) is 31.6 Å². The number of hydrogen-bond donors (Lipinski definition) is 0. The van der Waals surface area contributed by atoms with Gasteiger partial charge in [-0.2, -0.15) is 4.98 Å². The molecule has 4 heterocycles. The van der Waals surface area contributed by atoms with Gasteiger partial charge in [-0.25, -0.2) is 9.97 Å². The quantitative estimate of drug-likeness (QED) is 0.495. The van der Waals surface area contributed by atoms with Crippen LogP contribution in [0.1, 0.15) is 17.1 Å². The van der Waals surface area contributed by atoms with Crippen molar-refractivity contribution >= 4 is 22.9 Å². The van der Waals surface area contributed by atoms with Crippen LogP contribution in [0.4, 0.5) is 0 Å². The minimum Gasteiger partial charge on any atom is -0.338 e. The van der Waals surface area contributed by atoms with Crippen molar-refractivity contribution in [1.82, 2.24) is 25.0 Å². The summed E-state index contributed by atoms with van der Waals surface area (Å²) < 4.78 is 5.44. The van der Waals surface area contributed by atoms with E-state index in [0.29, 0.717) is 23.3 Å². The molecule has 140 valence electrons. The van der Waals surface area contributed by atoms with Crippen LogP contribution in [0.2, 0.25) is 5.02 Å². The first-order chi connectivity index (χ1) is 13.7. The van der Waals surface area contributed by atoms with E-state index >= 15 is 0 Å². The Labute approximate surface area is 170 Å². The highest BCUT2D eigenvalue weighted by molar-refractivity contribution is 7.13. The fraction of sp³-hybridized carbons (Fsp3) is 0.200. The van der Waals surface area contributed by atoms with Crippen LogP contribution in [0.3, 0.4) is 0 Å². The van der Waals surface area contributed by atoms with Gasteiger partial charge in [0.15, 0.2) is 5.82 Å². The highest BCUT2D eigenvalue weighted by Gasteiger charge is 2.21. The summed E-state index contributed by atoms with van der Waals surface area (Å²) in [4.78, 5) is 17.2. The summed E-state index contributed by atoms with van der Waals surface area (Å²) >= 11 is 7.59. The van der Waals surface area contributed by atoms with E-state index in [1.54, 1.807) is 11.3 Å². The van der Waals surface area contributed by atoms with Crippen molar-refractivity contribution in [2.24, 2.45) is 0 Å². The maximum atomic E-state index is 5.93. The van der Waals surface area contributed by atoms with Crippen LogP contribution >= 0.6 is 22.9 Å². The number of rotatable bonds is 4. The van der Waals surface area contributed by atoms with Crippen LogP contribution < -0.4 is 0 Å². The molecule has 0 atom stereocenters. The monoisotopic (exact) mass is 409 g/mol. The molecule has 8 heteroatoms. The van der Waals surface area contributed by atoms with Crippen molar-refractivity contribution in [3.63, 3.8) is 0 Å². The summed E-state index contributed by atoms with van der Waals surface area (Å²) in [6, 6.07) is 11.5. The molecule has 1 aliphatic heterocycles. The summed E-state index contributed by atoms with van der Waals surface area (Å²) in [5.74, 6) is 1.99. The summed E-state index contributed by atoms with van der Waals surface area (Å²) in [6.45, 7) is 2.28. The molecule has 3 aromatic heterocycles. The lowest BCUT2D eigenvalue weighted by atomic mass is 10.1. The Morgan fingerprint density at radius 2 is 2.00 bits per heavy atom. The third kappa shape index (κ3) is 3.56. The molecular weight excluding hydrogens is 394 g/mol. The number of aromatic nitrogens is 4. The van der Waals surface area contributed by atoms with Gasteiger partial charge in [0, 0.05) is 41.9 Å². The number of thiophene rings is 1. The fourth-order valence-corrected chi connectivity index (χ4v) is 4.05. The van der Waals surface area contributed by atoms with Crippen molar-refractivity contribution in [2.75, 3.05) is 6.54 Å². The Morgan fingerprint density at radius 3 is 2.82 bits per heavy atom. The molecule has 28 heavy (non-hydrogen) atoms. The van der Waals surface area contributed by atoms with Crippen molar-refractivity contribution in [2.45, 2.75) is 19.5 Å². The SMILES string of the molecule is Clc1ccc(-c2noc(CN3CCc4nc(-c5cccs5)ncc4C3)n2)cc1. The number of hydrogen-bond acceptors (Lipinski definition) is 7. The van der Waals surface area contributed by atoms with E-state index < -0.39 is 0 Å². The van der Waals surface area contributed by atoms with Crippen molar-refractivity contribution in [3.8, 4) is 22.1 Å². The van der Waals surface area contributed by atoms with E-state index in [1.807, 2.05) is 41.9 Å². The van der Waals surface area contributed by atoms with Gasteiger partial charge in [0.1, 0.15) is 0 Å². The normalized spacial score (nSPS) is 14.2. The van der Waals surface area contributed by atoms with Crippen molar-refractivity contribution in [3.05, 3.63) is 70.1 Å². The second-order valence-electron chi connectivity index (χ2n) is 6.62. The minimum atomic E-state index is 0.577. The average Bonchev–Trinajstić information content (AvgIpc) is 3.41. The fourth-order valence-electron chi connectivity index (χ4n) is 3.26. The van der Waals surface area contributed by atoms with E-state index in [4.69, 9.17) is 21.1 Å². The van der Waals surface area contributed by atoms with E-state index in [-0.39, 0.29) is 0 Å². The highest BCUT2D eigenvalue weighted by Crippen LogP contribution is 2.25. The standard InChI is InChI=1S/C20H16ClN5OS/c21-15-5-3-13(4-6-15)19-24-18(27-25-19)12-26-8-7-16-14(11-26)10-22-20(23-16)17-2-1-9-28-17/h1-6,9-10H,7-8,11-12H2. The number of fused-ring (bicyclic) bond motifs is 1. The number of nitrogens with zero attached hydrogens (tertiary/aromatic N) is 5. The molecular formula is C20H16ClN5OS. The first kappa shape index (κ1) is 17.5. The Kier molecular flexibility index (Phi) is 4.64. The van der Waals surface area contributed by atoms with E-state index in [2.05, 4.69) is 26.1 Å². The molecule has 4 aromatic rings. The molecule has 0 spiro atoms. The summed E-state index contributed by atoms with van der Waals surface area (Å²) in [6.07, 6.45) is 2.82. The first-order valence-corrected chi connectivity index (χ1v) is 10.2. The summed E-state index contributed by atoms with van der Waals surface area (Å²) in [5.41, 5.74) is 3.17. The second kappa shape index (κ2) is 7.43. The molecule has 1 aliphatic rings. The van der Waals surface area contributed by atoms with E-state index in [9.17, 15) is 0 Å². The lowest BCUT2D eigenvalue weighted by molar-refractivity contribution is 0.209. The topological polar surface area (TPSA) is 67.9 Å². The minimum absolute atomic E-state index is 0.577. The third-order valence-electron chi connectivity index (χ3n) is 4.68. The average molecular weight is 410 g/mol. The largest absolute Gasteiger partial charge is 0.338 e. The molecule has 0 unspecified atom stereocenters. The zero-order chi connectivity index (χ0) is 18.9. The van der Waals surface area contributed by atoms with Crippen LogP contribution in [0.15, 0.2) is 52.5 Å². The zero-order valence-corrected chi connectivity index (χ0v) is 16.5. The summed E-state index contributed by atoms with van der Waals surface area (Å²) in [7, 11) is 0. The lowest BCUT2D eigenvalue weighted by Gasteiger charge is -2.26. The van der Waals surface area contributed by atoms with E-state index in [0.717, 1.165) is 47.0 Å². The van der Waals surface area contributed by atoms with Crippen LogP contribution in [0.5, 0.6) is 0 Å². The Bertz CT molecular complexity index is 1090. The summed E-state index contributed by atoms with van der Waals surface area (Å²) in [5, 5.41) is 6.81. The van der Waals surface area contributed by atoms with E-state index in [1.165, 1.54) is 0 Å². The molecule has 0 aliphatic carbocycles. The van der Waals surface area contributed by atoms with Crippen LogP contribution in [-0.2, 0) is 19.5 Å². The first-order valence-electron chi connectivity index (χ1n) is 8.94. The predicted octanol–water partition coefficient (Wildman–Crippen LogP) is 4.47. The zero-order valence-electron chi connectivity index (χ0n) is 14.9. The molecule has 0 N–H and O–H groups in total. The predicted molar refractivity (Wildman–Crippen MR) is 108 cm³/mol. The highest BCUT2D eigenvalue weighted by atomic mass is 35.5. The van der Waals surface area contributed by atoms with Gasteiger partial charge in [-0.3, -0.25) is 4.90 Å². The van der Waals surface area contributed by atoms with Gasteiger partial charge in [0.2, 0.25) is 11.7 Å². The lowest BCUT2D eigenvalue weighted by Crippen LogP contribution is -2.31. The smallest absolute Gasteiger partial charge is 0.241 e. The Hall–Kier alpha value is -2.61. The van der Waals surface area contributed by atoms with Gasteiger partial charge in [-0.1, -0.05) is 22.8 Å². The van der Waals surface area contributed by atoms with Gasteiger partial charge in [0.25, 0.3) is 0 Å². The molecule has 6 nitrogen and oxygen atoms in total. The molecule has 0 amide bonds. The Balaban J connectivity index is 1.29. The molecule has 0 saturated heterocycles. The molecule has 0 radical (unpaired) electrons. The van der Waals surface area contributed by atoms with Gasteiger partial charge in [-0.15, -0.1) is 11.3 Å². The van der Waals surface area contributed by atoms with Crippen molar-refractivity contribution in [1.29, 1.82) is 0 Å². The molecule has 0 fully saturated rings. The molecule has 5 rings (SSSR count). The van der Waals surface area contributed by atoms with Gasteiger partial charge < -0.3 is 4.52 Å². The Morgan fingerprint density at radius 1 is 1.11 bits per heavy atom. The number of halogens is 1. The van der Waals surface area contributed by atoms with Crippen LogP contribution in [0, 0.1) is 0 Å². The molecule has 1 aromatic carbocycles. The maximum Gasteiger partial charge on any atom is 0.241 e. The number of benzene rings is 1. The maximum absolute atomic E-state index is 5.93. The van der Waals surface area contributed by atoms with Gasteiger partial charge >= 0.3 is 0 Å². The second-order valence-corrected chi connectivity index (χ2v) is 8.01. The molecule has 0 bridgehead atoms. The van der Waals surface area contributed by atoms with Gasteiger partial charge in [-0.05, 0) is 35.7 Å². The van der Waals surface area contributed by atoms with Crippen LogP contribution in [0.25, 0.3) is 22.1 Å². The van der Waals surface area contributed by atoms with Crippen molar-refractivity contribution < 1.29 is 4.52 Å². The third-order valence-corrected chi connectivity index (χ3v) is 5.80. The van der Waals surface area contributed by atoms with Gasteiger partial charge in [0.05, 0.1) is 17.1 Å².